The van der Waals surface area contributed by atoms with E-state index in [1.54, 1.807) is 18.3 Å². The molecule has 0 amide bonds. The van der Waals surface area contributed by atoms with E-state index >= 15 is 0 Å². The van der Waals surface area contributed by atoms with E-state index < -0.39 is 85.4 Å². The number of carbonyl (C=O) groups is 2. The molecule has 0 aromatic heterocycles. The number of aliphatic hydroxyl groups is 4. The zero-order valence-corrected chi connectivity index (χ0v) is 34.0. The van der Waals surface area contributed by atoms with Crippen molar-refractivity contribution in [2.75, 3.05) is 26.9 Å². The molecule has 7 aliphatic rings. The Kier molecular flexibility index (Phi) is 11.4. The first kappa shape index (κ1) is 42.3. The molecular weight excluding hydrogens is 821 g/mol. The van der Waals surface area contributed by atoms with Gasteiger partial charge in [-0.1, -0.05) is 48.2 Å². The second-order valence-corrected chi connectivity index (χ2v) is 16.2. The minimum atomic E-state index is -2.46. The Bertz CT molecular complexity index is 2460. The summed E-state index contributed by atoms with van der Waals surface area (Å²) < 4.78 is 43.8. The lowest BCUT2D eigenvalue weighted by Crippen LogP contribution is -3.05. The van der Waals surface area contributed by atoms with Crippen LogP contribution >= 0.6 is 0 Å². The zero-order chi connectivity index (χ0) is 44.2. The van der Waals surface area contributed by atoms with Gasteiger partial charge in [0, 0.05) is 47.4 Å². The highest BCUT2D eigenvalue weighted by Crippen LogP contribution is 2.60. The third-order valence-corrected chi connectivity index (χ3v) is 12.2. The molecule has 2 bridgehead atoms. The smallest absolute Gasteiger partial charge is 0.317 e. The summed E-state index contributed by atoms with van der Waals surface area (Å²) in [5, 5.41) is 54.2. The maximum Gasteiger partial charge on any atom is 0.317 e. The number of fused-ring (bicyclic) bond motifs is 9. The highest BCUT2D eigenvalue weighted by Gasteiger charge is 2.60. The fraction of sp³-hybridized carbons (Fsp3) is 0.400. The number of carbonyl (C=O) groups excluding carboxylic acids is 1. The molecule has 18 nitrogen and oxygen atoms in total. The minimum absolute atomic E-state index is 0.0111. The van der Waals surface area contributed by atoms with Gasteiger partial charge in [0.1, 0.15) is 85.6 Å². The Labute approximate surface area is 360 Å². The standard InChI is InChI=1S/C45H46N4O14/c1-57-28-10-9-25-34-30(16-22-6-3-2-4-7-22)59-31-17-29-24(26(20-49-19-23-11-13-48-27(23)21-49)35(31)39(34)62-37(25)38(28)58-15-14-50)8-5-12-45(56)41(55)36(54)44(60-29)63-42(45)40(43(46)47)61-33(53)18-32(51)52/h2-4,6-7,9-11,13,17,21,30,34,36,39-44,50,54-56H,12,14-16,18-20,46-47H2,1H3,(H,51,52)/p+1/t30-,34-,36-,39-,40+,41-,42-,44-,45+/m1/s1. The molecule has 7 aliphatic heterocycles. The predicted octanol–water partition coefficient (Wildman–Crippen LogP) is -0.520. The van der Waals surface area contributed by atoms with Crippen LogP contribution in [-0.2, 0) is 32.0 Å². The molecule has 0 saturated carbocycles. The normalized spacial score (nSPS) is 28.6. The summed E-state index contributed by atoms with van der Waals surface area (Å²) >= 11 is 0. The van der Waals surface area contributed by atoms with E-state index in [1.807, 2.05) is 48.7 Å². The number of hydrogen-bond acceptors (Lipinski definition) is 16. The van der Waals surface area contributed by atoms with Gasteiger partial charge < -0.3 is 70.2 Å². The average Bonchev–Trinajstić information content (AvgIpc) is 3.97. The molecule has 1 unspecified atom stereocenters. The number of quaternary nitrogens is 1. The zero-order valence-electron chi connectivity index (χ0n) is 34.0. The van der Waals surface area contributed by atoms with Crippen LogP contribution in [-0.4, -0.2) is 119 Å². The summed E-state index contributed by atoms with van der Waals surface area (Å²) in [6.07, 6.45) is -7.26. The number of hydrogen-bond donors (Lipinski definition) is 8. The molecule has 3 aromatic rings. The summed E-state index contributed by atoms with van der Waals surface area (Å²) in [5.41, 5.74) is 15.0. The second kappa shape index (κ2) is 16.9. The highest BCUT2D eigenvalue weighted by atomic mass is 16.7. The van der Waals surface area contributed by atoms with Gasteiger partial charge in [0.05, 0.1) is 31.4 Å². The van der Waals surface area contributed by atoms with Crippen LogP contribution in [0, 0.1) is 11.8 Å². The van der Waals surface area contributed by atoms with Crippen LogP contribution in [0.5, 0.6) is 28.7 Å². The number of aliphatic hydroxyl groups excluding tert-OH is 3. The summed E-state index contributed by atoms with van der Waals surface area (Å²) in [6, 6.07) is 15.2. The summed E-state index contributed by atoms with van der Waals surface area (Å²) in [5.74, 6) is 4.73. The maximum atomic E-state index is 12.6. The van der Waals surface area contributed by atoms with Crippen molar-refractivity contribution in [2.45, 2.75) is 86.4 Å². The lowest BCUT2D eigenvalue weighted by molar-refractivity contribution is -0.851. The number of aliphatic carboxylic acids is 1. The number of allylic oxidation sites excluding steroid dienone is 1. The van der Waals surface area contributed by atoms with Gasteiger partial charge in [-0.2, -0.15) is 0 Å². The van der Waals surface area contributed by atoms with E-state index in [0.717, 1.165) is 27.3 Å². The Balaban J connectivity index is 1.20. The average molecular weight is 868 g/mol. The van der Waals surface area contributed by atoms with Crippen LogP contribution in [0.4, 0.5) is 0 Å². The minimum Gasteiger partial charge on any atom is -0.493 e. The molecule has 1 saturated heterocycles. The van der Waals surface area contributed by atoms with E-state index in [1.165, 1.54) is 7.11 Å². The number of carboxylic acids is 1. The number of nitrogens with two attached hydrogens (primary N) is 2. The molecule has 63 heavy (non-hydrogen) atoms. The number of nitrogens with zero attached hydrogens (tertiary/aromatic N) is 1. The summed E-state index contributed by atoms with van der Waals surface area (Å²) in [4.78, 5) is 29.4. The number of benzene rings is 3. The third-order valence-electron chi connectivity index (χ3n) is 12.2. The van der Waals surface area contributed by atoms with Crippen LogP contribution in [0.1, 0.15) is 52.7 Å². The van der Waals surface area contributed by atoms with E-state index in [9.17, 15) is 35.1 Å². The van der Waals surface area contributed by atoms with Crippen molar-refractivity contribution in [1.82, 2.24) is 0 Å². The largest absolute Gasteiger partial charge is 0.493 e. The predicted molar refractivity (Wildman–Crippen MR) is 219 cm³/mol. The number of carboxylic acid groups (broad SMARTS) is 1. The molecule has 1 fully saturated rings. The van der Waals surface area contributed by atoms with Crippen molar-refractivity contribution < 1.29 is 73.2 Å². The van der Waals surface area contributed by atoms with Gasteiger partial charge >= 0.3 is 11.9 Å². The number of methoxy groups -OCH3 is 1. The van der Waals surface area contributed by atoms with E-state index in [-0.39, 0.29) is 19.0 Å². The van der Waals surface area contributed by atoms with Crippen molar-refractivity contribution in [3.63, 3.8) is 0 Å². The first-order valence-electron chi connectivity index (χ1n) is 20.5. The number of rotatable bonds is 13. The molecule has 10 N–H and O–H groups in total. The van der Waals surface area contributed by atoms with Gasteiger partial charge in [-0.05, 0) is 17.7 Å². The molecule has 0 radical (unpaired) electrons. The van der Waals surface area contributed by atoms with Crippen molar-refractivity contribution in [3.8, 4) is 40.6 Å². The summed E-state index contributed by atoms with van der Waals surface area (Å²) in [6.45, 7) is 0.668. The van der Waals surface area contributed by atoms with Gasteiger partial charge in [0.25, 0.3) is 0 Å². The van der Waals surface area contributed by atoms with Crippen LogP contribution in [0.15, 0.2) is 77.1 Å². The molecule has 3 aromatic carbocycles. The Morgan fingerprint density at radius 2 is 1.90 bits per heavy atom. The highest BCUT2D eigenvalue weighted by molar-refractivity contribution is 5.90. The van der Waals surface area contributed by atoms with Crippen LogP contribution in [0.25, 0.3) is 0 Å². The Morgan fingerprint density at radius 3 is 2.63 bits per heavy atom. The summed E-state index contributed by atoms with van der Waals surface area (Å²) in [7, 11) is 1.52. The molecule has 18 heteroatoms. The van der Waals surface area contributed by atoms with Gasteiger partial charge in [0.2, 0.25) is 12.0 Å². The molecule has 7 heterocycles. The van der Waals surface area contributed by atoms with Crippen molar-refractivity contribution in [1.29, 1.82) is 0 Å². The van der Waals surface area contributed by atoms with Crippen molar-refractivity contribution >= 4 is 18.2 Å². The van der Waals surface area contributed by atoms with E-state index in [0.29, 0.717) is 59.2 Å². The number of esters is 1. The van der Waals surface area contributed by atoms with E-state index in [4.69, 9.17) is 44.6 Å². The first-order chi connectivity index (χ1) is 30.4. The van der Waals surface area contributed by atoms with Crippen molar-refractivity contribution in [3.05, 3.63) is 99.9 Å². The van der Waals surface area contributed by atoms with E-state index in [2.05, 4.69) is 16.8 Å². The maximum absolute atomic E-state index is 12.6. The SMILES string of the molecule is COc1ccc2c(c1OCCO)O[C@H]1c3c(cc4c(c3C[NH+]3C=C5N=CC=C5C3)C#CC[C@]3(O)[C@H](O)[C@@H](O)[C@H](O4)O[C@@H]3[C@H](OC(=O)CC(=O)O)C(N)N)O[C@H](Cc3ccccc3)[C@@H]21. The molecular formula is C45H47N4O14+. The van der Waals surface area contributed by atoms with Crippen LogP contribution in [0.2, 0.25) is 0 Å². The van der Waals surface area contributed by atoms with Crippen molar-refractivity contribution in [2.24, 2.45) is 16.5 Å². The third kappa shape index (κ3) is 7.66. The number of ether oxygens (including phenoxy) is 7. The van der Waals surface area contributed by atoms with Gasteiger partial charge in [-0.25, -0.2) is 0 Å². The lowest BCUT2D eigenvalue weighted by atomic mass is 9.78. The molecule has 0 aliphatic carbocycles. The number of nitrogens with one attached hydrogen (secondary N) is 1. The second-order valence-electron chi connectivity index (χ2n) is 16.2. The molecule has 330 valence electrons. The fourth-order valence-electron chi connectivity index (χ4n) is 9.33. The molecule has 10 atom stereocenters. The topological polar surface area (TPSA) is 269 Å². The molecule has 10 rings (SSSR count). The van der Waals surface area contributed by atoms with Crippen LogP contribution < -0.4 is 40.1 Å². The monoisotopic (exact) mass is 867 g/mol. The Hall–Kier alpha value is -6.01. The number of aliphatic imine (C=N–C) groups is 1. The molecule has 0 spiro atoms. The van der Waals surface area contributed by atoms with Gasteiger partial charge in [0.15, 0.2) is 17.6 Å². The Morgan fingerprint density at radius 1 is 1.10 bits per heavy atom. The quantitative estimate of drug-likeness (QED) is 0.0465. The van der Waals surface area contributed by atoms with Gasteiger partial charge in [-0.15, -0.1) is 0 Å². The van der Waals surface area contributed by atoms with Gasteiger partial charge in [-0.3, -0.25) is 19.5 Å². The lowest BCUT2D eigenvalue weighted by Gasteiger charge is -2.50. The fourth-order valence-corrected chi connectivity index (χ4v) is 9.33. The first-order valence-corrected chi connectivity index (χ1v) is 20.5. The van der Waals surface area contributed by atoms with Crippen LogP contribution in [0.3, 0.4) is 0 Å².